The van der Waals surface area contributed by atoms with Crippen molar-refractivity contribution in [2.75, 3.05) is 0 Å². The third kappa shape index (κ3) is 3.81. The summed E-state index contributed by atoms with van der Waals surface area (Å²) in [6, 6.07) is 9.03. The summed E-state index contributed by atoms with van der Waals surface area (Å²) in [4.78, 5) is 21.7. The normalized spacial score (nSPS) is 11.8. The van der Waals surface area contributed by atoms with Gasteiger partial charge in [-0.25, -0.2) is 4.79 Å². The predicted octanol–water partition coefficient (Wildman–Crippen LogP) is 1.25. The zero-order chi connectivity index (χ0) is 11.3. The quantitative estimate of drug-likeness (QED) is 0.756. The van der Waals surface area contributed by atoms with Crippen LogP contribution in [0, 0.1) is 0 Å². The van der Waals surface area contributed by atoms with E-state index in [0.717, 1.165) is 5.56 Å². The molecule has 0 spiro atoms. The molecular weight excluding hydrogens is 196 g/mol. The molecule has 1 aromatic carbocycles. The van der Waals surface area contributed by atoms with Crippen molar-refractivity contribution in [2.24, 2.45) is 0 Å². The first-order valence-electron chi connectivity index (χ1n) is 4.56. The Hall–Kier alpha value is -1.84. The third-order valence-corrected chi connectivity index (χ3v) is 1.85. The van der Waals surface area contributed by atoms with Gasteiger partial charge in [0.25, 0.3) is 0 Å². The van der Waals surface area contributed by atoms with Gasteiger partial charge in [-0.1, -0.05) is 30.3 Å². The van der Waals surface area contributed by atoms with Gasteiger partial charge in [-0.3, -0.25) is 4.79 Å². The van der Waals surface area contributed by atoms with Crippen LogP contribution < -0.4 is 0 Å². The number of ether oxygens (including phenoxy) is 1. The Morgan fingerprint density at radius 2 is 1.93 bits per heavy atom. The number of carboxylic acids is 1. The second kappa shape index (κ2) is 5.14. The first-order valence-corrected chi connectivity index (χ1v) is 4.56. The molecule has 0 aromatic heterocycles. The van der Waals surface area contributed by atoms with Gasteiger partial charge in [0, 0.05) is 0 Å². The summed E-state index contributed by atoms with van der Waals surface area (Å²) in [5.41, 5.74) is 0.806. The minimum atomic E-state index is -1.14. The lowest BCUT2D eigenvalue weighted by Crippen LogP contribution is -2.24. The molecule has 1 aromatic rings. The summed E-state index contributed by atoms with van der Waals surface area (Å²) in [5.74, 6) is -1.67. The van der Waals surface area contributed by atoms with Crippen LogP contribution in [-0.2, 0) is 20.7 Å². The number of carbonyl (C=O) groups excluding carboxylic acids is 1. The largest absolute Gasteiger partial charge is 0.479 e. The first kappa shape index (κ1) is 11.2. The van der Waals surface area contributed by atoms with Crippen LogP contribution in [-0.4, -0.2) is 23.1 Å². The van der Waals surface area contributed by atoms with Crippen LogP contribution in [0.15, 0.2) is 30.3 Å². The predicted molar refractivity (Wildman–Crippen MR) is 53.3 cm³/mol. The SMILES string of the molecule is CC(OC(=O)Cc1ccccc1)C(=O)O. The fourth-order valence-electron chi connectivity index (χ4n) is 1.05. The number of carboxylic acid groups (broad SMARTS) is 1. The van der Waals surface area contributed by atoms with Crippen LogP contribution in [0.5, 0.6) is 0 Å². The molecule has 1 atom stereocenters. The van der Waals surface area contributed by atoms with Crippen LogP contribution in [0.4, 0.5) is 0 Å². The van der Waals surface area contributed by atoms with Gasteiger partial charge in [0.15, 0.2) is 6.10 Å². The molecule has 1 N–H and O–H groups in total. The zero-order valence-corrected chi connectivity index (χ0v) is 8.34. The van der Waals surface area contributed by atoms with E-state index in [9.17, 15) is 9.59 Å². The summed E-state index contributed by atoms with van der Waals surface area (Å²) in [6.07, 6.45) is -1.00. The summed E-state index contributed by atoms with van der Waals surface area (Å²) in [5, 5.41) is 8.52. The fraction of sp³-hybridized carbons (Fsp3) is 0.273. The molecular formula is C11H12O4. The van der Waals surface area contributed by atoms with E-state index in [4.69, 9.17) is 5.11 Å². The summed E-state index contributed by atoms with van der Waals surface area (Å²) >= 11 is 0. The lowest BCUT2D eigenvalue weighted by molar-refractivity contribution is -0.162. The molecule has 80 valence electrons. The topological polar surface area (TPSA) is 63.6 Å². The molecule has 4 nitrogen and oxygen atoms in total. The highest BCUT2D eigenvalue weighted by Crippen LogP contribution is 2.02. The van der Waals surface area contributed by atoms with Gasteiger partial charge in [-0.15, -0.1) is 0 Å². The molecule has 0 amide bonds. The molecule has 0 saturated heterocycles. The molecule has 1 unspecified atom stereocenters. The maximum Gasteiger partial charge on any atom is 0.344 e. The van der Waals surface area contributed by atoms with Crippen molar-refractivity contribution >= 4 is 11.9 Å². The molecule has 0 fully saturated rings. The van der Waals surface area contributed by atoms with Crippen molar-refractivity contribution in [1.29, 1.82) is 0 Å². The Morgan fingerprint density at radius 3 is 2.47 bits per heavy atom. The number of benzene rings is 1. The van der Waals surface area contributed by atoms with E-state index in [0.29, 0.717) is 0 Å². The van der Waals surface area contributed by atoms with E-state index < -0.39 is 18.0 Å². The molecule has 0 heterocycles. The Bertz CT molecular complexity index is 345. The van der Waals surface area contributed by atoms with Gasteiger partial charge in [0.2, 0.25) is 0 Å². The van der Waals surface area contributed by atoms with Gasteiger partial charge in [0.1, 0.15) is 0 Å². The third-order valence-electron chi connectivity index (χ3n) is 1.85. The highest BCUT2D eigenvalue weighted by atomic mass is 16.6. The van der Waals surface area contributed by atoms with Gasteiger partial charge < -0.3 is 9.84 Å². The van der Waals surface area contributed by atoms with Crippen LogP contribution in [0.25, 0.3) is 0 Å². The zero-order valence-electron chi connectivity index (χ0n) is 8.34. The number of hydrogen-bond donors (Lipinski definition) is 1. The smallest absolute Gasteiger partial charge is 0.344 e. The molecule has 0 aliphatic heterocycles. The van der Waals surface area contributed by atoms with Crippen molar-refractivity contribution in [3.63, 3.8) is 0 Å². The van der Waals surface area contributed by atoms with E-state index in [-0.39, 0.29) is 6.42 Å². The molecule has 4 heteroatoms. The Kier molecular flexibility index (Phi) is 3.85. The minimum absolute atomic E-state index is 0.0957. The molecule has 15 heavy (non-hydrogen) atoms. The second-order valence-electron chi connectivity index (χ2n) is 3.13. The van der Waals surface area contributed by atoms with Gasteiger partial charge in [-0.05, 0) is 12.5 Å². The molecule has 1 rings (SSSR count). The summed E-state index contributed by atoms with van der Waals surface area (Å²) in [7, 11) is 0. The second-order valence-corrected chi connectivity index (χ2v) is 3.13. The first-order chi connectivity index (χ1) is 7.09. The van der Waals surface area contributed by atoms with Crippen LogP contribution in [0.1, 0.15) is 12.5 Å². The Balaban J connectivity index is 2.47. The van der Waals surface area contributed by atoms with Gasteiger partial charge in [0.05, 0.1) is 6.42 Å². The number of rotatable bonds is 4. The van der Waals surface area contributed by atoms with E-state index in [1.807, 2.05) is 18.2 Å². The van der Waals surface area contributed by atoms with E-state index >= 15 is 0 Å². The van der Waals surface area contributed by atoms with E-state index in [1.165, 1.54) is 6.92 Å². The lowest BCUT2D eigenvalue weighted by atomic mass is 10.1. The van der Waals surface area contributed by atoms with Crippen LogP contribution >= 0.6 is 0 Å². The van der Waals surface area contributed by atoms with Crippen LogP contribution in [0.3, 0.4) is 0 Å². The number of esters is 1. The minimum Gasteiger partial charge on any atom is -0.479 e. The molecule has 0 aliphatic carbocycles. The summed E-state index contributed by atoms with van der Waals surface area (Å²) in [6.45, 7) is 1.32. The molecule has 0 bridgehead atoms. The number of carbonyl (C=O) groups is 2. The fourth-order valence-corrected chi connectivity index (χ4v) is 1.05. The van der Waals surface area contributed by atoms with Gasteiger partial charge >= 0.3 is 11.9 Å². The molecule has 0 radical (unpaired) electrons. The maximum absolute atomic E-state index is 11.2. The Labute approximate surface area is 87.5 Å². The van der Waals surface area contributed by atoms with Gasteiger partial charge in [-0.2, -0.15) is 0 Å². The Morgan fingerprint density at radius 1 is 1.33 bits per heavy atom. The van der Waals surface area contributed by atoms with Crippen molar-refractivity contribution in [3.8, 4) is 0 Å². The monoisotopic (exact) mass is 208 g/mol. The van der Waals surface area contributed by atoms with E-state index in [2.05, 4.69) is 4.74 Å². The highest BCUT2D eigenvalue weighted by molar-refractivity contribution is 5.78. The van der Waals surface area contributed by atoms with Crippen molar-refractivity contribution in [2.45, 2.75) is 19.4 Å². The lowest BCUT2D eigenvalue weighted by Gasteiger charge is -2.08. The average Bonchev–Trinajstić information content (AvgIpc) is 2.18. The molecule has 0 aliphatic rings. The summed E-state index contributed by atoms with van der Waals surface area (Å²) < 4.78 is 4.68. The van der Waals surface area contributed by atoms with Crippen molar-refractivity contribution < 1.29 is 19.4 Å². The number of aliphatic carboxylic acids is 1. The standard InChI is InChI=1S/C11H12O4/c1-8(11(13)14)15-10(12)7-9-5-3-2-4-6-9/h2-6,8H,7H2,1H3,(H,13,14). The van der Waals surface area contributed by atoms with Crippen molar-refractivity contribution in [3.05, 3.63) is 35.9 Å². The van der Waals surface area contributed by atoms with Crippen molar-refractivity contribution in [1.82, 2.24) is 0 Å². The highest BCUT2D eigenvalue weighted by Gasteiger charge is 2.16. The van der Waals surface area contributed by atoms with Crippen LogP contribution in [0.2, 0.25) is 0 Å². The number of hydrogen-bond acceptors (Lipinski definition) is 3. The maximum atomic E-state index is 11.2. The molecule has 0 saturated carbocycles. The average molecular weight is 208 g/mol. The van der Waals surface area contributed by atoms with E-state index in [1.54, 1.807) is 12.1 Å².